The molecule has 0 aromatic heterocycles. The van der Waals surface area contributed by atoms with Gasteiger partial charge in [-0.05, 0) is 11.6 Å². The molecule has 2 nitrogen and oxygen atoms in total. The van der Waals surface area contributed by atoms with Gasteiger partial charge in [-0.2, -0.15) is 18.4 Å². The monoisotopic (exact) mass is 288 g/mol. The molecule has 106 valence electrons. The van der Waals surface area contributed by atoms with E-state index in [1.54, 1.807) is 30.3 Å². The summed E-state index contributed by atoms with van der Waals surface area (Å²) in [6.45, 7) is 0. The number of nitrogens with zero attached hydrogens (tertiary/aromatic N) is 1. The van der Waals surface area contributed by atoms with Crippen LogP contribution >= 0.6 is 0 Å². The molecule has 0 saturated carbocycles. The van der Waals surface area contributed by atoms with E-state index in [0.29, 0.717) is 5.56 Å². The van der Waals surface area contributed by atoms with Gasteiger partial charge in [-0.15, -0.1) is 0 Å². The molecule has 0 spiro atoms. The van der Waals surface area contributed by atoms with Crippen LogP contribution in [0.25, 0.3) is 11.3 Å². The number of halogens is 3. The van der Waals surface area contributed by atoms with Crippen molar-refractivity contribution in [3.05, 3.63) is 71.3 Å². The SMILES string of the molecule is N#C/C(=C(/N)c1ccccc1C(F)(F)F)c1ccccc1. The number of nitrogens with two attached hydrogens (primary N) is 1. The molecule has 0 radical (unpaired) electrons. The minimum atomic E-state index is -4.53. The first-order valence-electron chi connectivity index (χ1n) is 6.07. The van der Waals surface area contributed by atoms with E-state index in [4.69, 9.17) is 5.73 Å². The molecule has 0 heterocycles. The van der Waals surface area contributed by atoms with Crippen molar-refractivity contribution < 1.29 is 13.2 Å². The third kappa shape index (κ3) is 3.06. The molecule has 0 amide bonds. The first-order valence-corrected chi connectivity index (χ1v) is 6.07. The van der Waals surface area contributed by atoms with Crippen molar-refractivity contribution in [1.82, 2.24) is 0 Å². The molecule has 0 aliphatic heterocycles. The van der Waals surface area contributed by atoms with Gasteiger partial charge in [0, 0.05) is 5.56 Å². The molecular formula is C16H11F3N2. The van der Waals surface area contributed by atoms with Crippen LogP contribution in [0.5, 0.6) is 0 Å². The highest BCUT2D eigenvalue weighted by Crippen LogP contribution is 2.35. The van der Waals surface area contributed by atoms with Gasteiger partial charge in [0.15, 0.2) is 0 Å². The van der Waals surface area contributed by atoms with Crippen LogP contribution in [-0.4, -0.2) is 0 Å². The zero-order valence-corrected chi connectivity index (χ0v) is 10.9. The molecule has 2 aromatic carbocycles. The zero-order valence-electron chi connectivity index (χ0n) is 10.9. The lowest BCUT2D eigenvalue weighted by atomic mass is 9.97. The van der Waals surface area contributed by atoms with Gasteiger partial charge in [0.2, 0.25) is 0 Å². The van der Waals surface area contributed by atoms with E-state index in [1.165, 1.54) is 18.2 Å². The summed E-state index contributed by atoms with van der Waals surface area (Å²) in [5.41, 5.74) is 5.11. The van der Waals surface area contributed by atoms with Crippen LogP contribution in [0.2, 0.25) is 0 Å². The number of nitriles is 1. The topological polar surface area (TPSA) is 49.8 Å². The summed E-state index contributed by atoms with van der Waals surface area (Å²) in [4.78, 5) is 0. The van der Waals surface area contributed by atoms with Crippen molar-refractivity contribution in [1.29, 1.82) is 5.26 Å². The van der Waals surface area contributed by atoms with Gasteiger partial charge >= 0.3 is 6.18 Å². The molecule has 5 heteroatoms. The first kappa shape index (κ1) is 14.7. The quantitative estimate of drug-likeness (QED) is 0.669. The number of hydrogen-bond acceptors (Lipinski definition) is 2. The van der Waals surface area contributed by atoms with E-state index < -0.39 is 11.7 Å². The standard InChI is InChI=1S/C16H11F3N2/c17-16(18,19)14-9-5-4-8-12(14)15(21)13(10-20)11-6-2-1-3-7-11/h1-9H,21H2/b15-13-. The molecular weight excluding hydrogens is 277 g/mol. The maximum atomic E-state index is 13.0. The van der Waals surface area contributed by atoms with E-state index in [0.717, 1.165) is 6.07 Å². The Morgan fingerprint density at radius 1 is 0.952 bits per heavy atom. The van der Waals surface area contributed by atoms with E-state index >= 15 is 0 Å². The minimum absolute atomic E-state index is 0.0206. The minimum Gasteiger partial charge on any atom is -0.397 e. The van der Waals surface area contributed by atoms with Crippen LogP contribution in [0, 0.1) is 11.3 Å². The Morgan fingerprint density at radius 2 is 1.52 bits per heavy atom. The molecule has 0 saturated heterocycles. The second kappa shape index (κ2) is 5.71. The molecule has 0 aliphatic carbocycles. The number of hydrogen-bond donors (Lipinski definition) is 1. The van der Waals surface area contributed by atoms with Crippen molar-refractivity contribution in [3.8, 4) is 6.07 Å². The Bertz CT molecular complexity index is 710. The summed E-state index contributed by atoms with van der Waals surface area (Å²) >= 11 is 0. The summed E-state index contributed by atoms with van der Waals surface area (Å²) in [6.07, 6.45) is -4.53. The average molecular weight is 288 g/mol. The lowest BCUT2D eigenvalue weighted by Gasteiger charge is -2.14. The Kier molecular flexibility index (Phi) is 3.99. The predicted octanol–water partition coefficient (Wildman–Crippen LogP) is 4.06. The predicted molar refractivity (Wildman–Crippen MR) is 74.5 cm³/mol. The zero-order chi connectivity index (χ0) is 15.5. The fourth-order valence-electron chi connectivity index (χ4n) is 1.98. The van der Waals surface area contributed by atoms with Gasteiger partial charge in [0.1, 0.15) is 6.07 Å². The van der Waals surface area contributed by atoms with Crippen molar-refractivity contribution in [2.45, 2.75) is 6.18 Å². The first-order chi connectivity index (χ1) is 9.95. The number of allylic oxidation sites excluding steroid dienone is 1. The van der Waals surface area contributed by atoms with E-state index in [9.17, 15) is 18.4 Å². The fourth-order valence-corrected chi connectivity index (χ4v) is 1.98. The maximum absolute atomic E-state index is 13.0. The number of alkyl halides is 3. The number of benzene rings is 2. The summed E-state index contributed by atoms with van der Waals surface area (Å²) in [5.74, 6) is 0. The van der Waals surface area contributed by atoms with Gasteiger partial charge in [-0.3, -0.25) is 0 Å². The molecule has 2 rings (SSSR count). The van der Waals surface area contributed by atoms with Crippen molar-refractivity contribution in [3.63, 3.8) is 0 Å². The average Bonchev–Trinajstić information content (AvgIpc) is 2.48. The van der Waals surface area contributed by atoms with Gasteiger partial charge < -0.3 is 5.73 Å². The molecule has 0 bridgehead atoms. The Balaban J connectivity index is 2.66. The van der Waals surface area contributed by atoms with Crippen LogP contribution in [0.1, 0.15) is 16.7 Å². The van der Waals surface area contributed by atoms with Crippen LogP contribution in [0.3, 0.4) is 0 Å². The van der Waals surface area contributed by atoms with Crippen LogP contribution in [0.15, 0.2) is 54.6 Å². The largest absolute Gasteiger partial charge is 0.417 e. The van der Waals surface area contributed by atoms with Gasteiger partial charge in [0.25, 0.3) is 0 Å². The highest BCUT2D eigenvalue weighted by atomic mass is 19.4. The summed E-state index contributed by atoms with van der Waals surface area (Å²) in [5, 5.41) is 9.24. The lowest BCUT2D eigenvalue weighted by Crippen LogP contribution is -2.12. The second-order valence-corrected chi connectivity index (χ2v) is 4.31. The van der Waals surface area contributed by atoms with Crippen molar-refractivity contribution in [2.24, 2.45) is 5.73 Å². The van der Waals surface area contributed by atoms with Crippen LogP contribution in [0.4, 0.5) is 13.2 Å². The Hall–Kier alpha value is -2.74. The van der Waals surface area contributed by atoms with Crippen LogP contribution < -0.4 is 5.73 Å². The smallest absolute Gasteiger partial charge is 0.397 e. The Morgan fingerprint density at radius 3 is 2.10 bits per heavy atom. The molecule has 2 N–H and O–H groups in total. The van der Waals surface area contributed by atoms with E-state index in [1.807, 2.05) is 6.07 Å². The van der Waals surface area contributed by atoms with Gasteiger partial charge in [0.05, 0.1) is 16.8 Å². The summed E-state index contributed by atoms with van der Waals surface area (Å²) in [6, 6.07) is 15.2. The van der Waals surface area contributed by atoms with E-state index in [-0.39, 0.29) is 16.8 Å². The molecule has 21 heavy (non-hydrogen) atoms. The molecule has 0 aliphatic rings. The highest BCUT2D eigenvalue weighted by Gasteiger charge is 2.34. The Labute approximate surface area is 119 Å². The fraction of sp³-hybridized carbons (Fsp3) is 0.0625. The molecule has 0 unspecified atom stereocenters. The van der Waals surface area contributed by atoms with E-state index in [2.05, 4.69) is 0 Å². The molecule has 0 fully saturated rings. The van der Waals surface area contributed by atoms with Crippen LogP contribution in [-0.2, 0) is 6.18 Å². The maximum Gasteiger partial charge on any atom is 0.417 e. The highest BCUT2D eigenvalue weighted by molar-refractivity contribution is 5.96. The summed E-state index contributed by atoms with van der Waals surface area (Å²) in [7, 11) is 0. The lowest BCUT2D eigenvalue weighted by molar-refractivity contribution is -0.137. The number of rotatable bonds is 2. The van der Waals surface area contributed by atoms with Crippen molar-refractivity contribution in [2.75, 3.05) is 0 Å². The van der Waals surface area contributed by atoms with Gasteiger partial charge in [-0.1, -0.05) is 48.5 Å². The normalized spacial score (nSPS) is 12.5. The van der Waals surface area contributed by atoms with Gasteiger partial charge in [-0.25, -0.2) is 0 Å². The second-order valence-electron chi connectivity index (χ2n) is 4.31. The van der Waals surface area contributed by atoms with Crippen molar-refractivity contribution >= 4 is 11.3 Å². The third-order valence-corrected chi connectivity index (χ3v) is 2.97. The molecule has 0 atom stereocenters. The molecule has 2 aromatic rings. The summed E-state index contributed by atoms with van der Waals surface area (Å²) < 4.78 is 39.1. The third-order valence-electron chi connectivity index (χ3n) is 2.97.